The Morgan fingerprint density at radius 1 is 1.12 bits per heavy atom. The van der Waals surface area contributed by atoms with Crippen molar-refractivity contribution in [3.8, 4) is 23.8 Å². The number of halogens is 3. The highest BCUT2D eigenvalue weighted by atomic mass is 35.5. The molecule has 43 heavy (non-hydrogen) atoms. The number of carbonyl (C=O) groups excluding carboxylic acids is 1. The fraction of sp³-hybridized carbons (Fsp3) is 0.281. The number of nitriles is 2. The molecule has 0 amide bonds. The second-order valence-corrected chi connectivity index (χ2v) is 11.7. The smallest absolute Gasteiger partial charge is 0.311 e. The molecule has 1 aromatic heterocycles. The first-order valence-corrected chi connectivity index (χ1v) is 14.3. The first kappa shape index (κ1) is 33.4. The summed E-state index contributed by atoms with van der Waals surface area (Å²) < 4.78 is 11.4. The molecule has 0 bridgehead atoms. The lowest BCUT2D eigenvalue weighted by Gasteiger charge is -2.17. The van der Waals surface area contributed by atoms with Crippen molar-refractivity contribution in [2.45, 2.75) is 33.4 Å². The van der Waals surface area contributed by atoms with Gasteiger partial charge in [0.2, 0.25) is 12.3 Å². The Morgan fingerprint density at radius 2 is 1.81 bits per heavy atom. The lowest BCUT2D eigenvalue weighted by molar-refractivity contribution is -0.149. The Bertz CT molecular complexity index is 1540. The van der Waals surface area contributed by atoms with Crippen LogP contribution < -0.4 is 4.74 Å². The van der Waals surface area contributed by atoms with Crippen molar-refractivity contribution in [1.29, 1.82) is 10.5 Å². The normalized spacial score (nSPS) is 17.1. The second kappa shape index (κ2) is 15.4. The van der Waals surface area contributed by atoms with Gasteiger partial charge in [0.25, 0.3) is 0 Å². The van der Waals surface area contributed by atoms with Gasteiger partial charge < -0.3 is 14.4 Å². The van der Waals surface area contributed by atoms with Gasteiger partial charge in [-0.25, -0.2) is 4.98 Å². The molecule has 0 aliphatic heterocycles. The summed E-state index contributed by atoms with van der Waals surface area (Å²) in [6, 6.07) is 21.9. The number of aromatic nitrogens is 1. The minimum Gasteiger partial charge on any atom is -0.457 e. The quantitative estimate of drug-likeness (QED) is 0.0803. The van der Waals surface area contributed by atoms with Crippen LogP contribution in [0.15, 0.2) is 88.5 Å². The number of hydrogen-bond donors (Lipinski definition) is 0. The van der Waals surface area contributed by atoms with Crippen molar-refractivity contribution in [2.24, 2.45) is 22.2 Å². The summed E-state index contributed by atoms with van der Waals surface area (Å²) in [6.07, 6.45) is 4.07. The number of pyridine rings is 1. The van der Waals surface area contributed by atoms with Crippen LogP contribution in [0.25, 0.3) is 0 Å². The summed E-state index contributed by atoms with van der Waals surface area (Å²) in [5, 5.41) is 18.4. The molecular weight excluding hydrogens is 609 g/mol. The first-order chi connectivity index (χ1) is 20.5. The van der Waals surface area contributed by atoms with Gasteiger partial charge in [-0.2, -0.15) is 15.5 Å². The topological polar surface area (TPSA) is 112 Å². The van der Waals surface area contributed by atoms with Crippen LogP contribution in [0.3, 0.4) is 0 Å². The third-order valence-electron chi connectivity index (χ3n) is 6.93. The minimum absolute atomic E-state index is 0.114. The molecule has 4 rings (SSSR count). The zero-order chi connectivity index (χ0) is 31.6. The molecule has 2 aromatic carbocycles. The summed E-state index contributed by atoms with van der Waals surface area (Å²) in [6.45, 7) is 6.31. The molecule has 3 atom stereocenters. The van der Waals surface area contributed by atoms with E-state index in [1.165, 1.54) is 0 Å². The predicted octanol–water partition coefficient (Wildman–Crippen LogP) is 8.24. The van der Waals surface area contributed by atoms with E-state index >= 15 is 0 Å². The number of para-hydroxylation sites is 1. The third kappa shape index (κ3) is 9.73. The zero-order valence-corrected chi connectivity index (χ0v) is 26.3. The van der Waals surface area contributed by atoms with Crippen LogP contribution in [0, 0.1) is 40.0 Å². The van der Waals surface area contributed by atoms with Gasteiger partial charge >= 0.3 is 5.97 Å². The summed E-state index contributed by atoms with van der Waals surface area (Å²) in [4.78, 5) is 22.1. The van der Waals surface area contributed by atoms with Gasteiger partial charge in [0.05, 0.1) is 5.92 Å². The molecule has 1 aliphatic carbocycles. The second-order valence-electron chi connectivity index (χ2n) is 10.3. The van der Waals surface area contributed by atoms with Crippen LogP contribution in [0.2, 0.25) is 5.15 Å². The van der Waals surface area contributed by atoms with E-state index in [1.807, 2.05) is 68.3 Å². The summed E-state index contributed by atoms with van der Waals surface area (Å²) in [5.41, 5.74) is 1.25. The van der Waals surface area contributed by atoms with Crippen LogP contribution in [0.5, 0.6) is 11.5 Å². The first-order valence-electron chi connectivity index (χ1n) is 13.2. The summed E-state index contributed by atoms with van der Waals surface area (Å²) in [7, 11) is 1.87. The maximum Gasteiger partial charge on any atom is 0.311 e. The number of rotatable bonds is 8. The molecule has 8 nitrogen and oxygen atoms in total. The van der Waals surface area contributed by atoms with Gasteiger partial charge in [0.1, 0.15) is 33.0 Å². The molecule has 1 saturated carbocycles. The molecule has 222 valence electrons. The fourth-order valence-electron chi connectivity index (χ4n) is 4.34. The molecule has 1 fully saturated rings. The Kier molecular flexibility index (Phi) is 12.0. The van der Waals surface area contributed by atoms with Gasteiger partial charge in [-0.05, 0) is 60.2 Å². The Labute approximate surface area is 266 Å². The zero-order valence-electron chi connectivity index (χ0n) is 24.0. The summed E-state index contributed by atoms with van der Waals surface area (Å²) in [5.74, 6) is 0.963. The van der Waals surface area contributed by atoms with Crippen molar-refractivity contribution >= 4 is 46.6 Å². The molecule has 3 aromatic rings. The van der Waals surface area contributed by atoms with E-state index in [0.29, 0.717) is 34.6 Å². The fourth-order valence-corrected chi connectivity index (χ4v) is 4.73. The van der Waals surface area contributed by atoms with Gasteiger partial charge in [0, 0.05) is 25.4 Å². The molecule has 11 heteroatoms. The Morgan fingerprint density at radius 3 is 2.42 bits per heavy atom. The molecule has 1 aliphatic rings. The van der Waals surface area contributed by atoms with E-state index in [2.05, 4.69) is 9.98 Å². The van der Waals surface area contributed by atoms with Crippen LogP contribution >= 0.6 is 34.8 Å². The van der Waals surface area contributed by atoms with E-state index in [4.69, 9.17) is 49.5 Å². The number of esters is 1. The van der Waals surface area contributed by atoms with E-state index < -0.39 is 12.1 Å². The number of aliphatic imine (C=N–C) groups is 1. The highest BCUT2D eigenvalue weighted by Gasteiger charge is 2.62. The lowest BCUT2D eigenvalue weighted by Crippen LogP contribution is -2.23. The number of ether oxygens (including phenoxy) is 2. The van der Waals surface area contributed by atoms with Crippen molar-refractivity contribution < 1.29 is 14.3 Å². The molecule has 0 radical (unpaired) electrons. The van der Waals surface area contributed by atoms with E-state index in [9.17, 15) is 10.1 Å². The van der Waals surface area contributed by atoms with Crippen molar-refractivity contribution in [1.82, 2.24) is 9.88 Å². The molecule has 0 saturated heterocycles. The highest BCUT2D eigenvalue weighted by molar-refractivity contribution is 6.55. The van der Waals surface area contributed by atoms with E-state index in [-0.39, 0.29) is 21.7 Å². The maximum absolute atomic E-state index is 12.6. The van der Waals surface area contributed by atoms with Crippen molar-refractivity contribution in [3.63, 3.8) is 0 Å². The average molecular weight is 639 g/mol. The molecule has 0 spiro atoms. The number of amidine groups is 1. The van der Waals surface area contributed by atoms with Crippen LogP contribution in [0.1, 0.15) is 38.0 Å². The lowest BCUT2D eigenvalue weighted by atomic mass is 10.1. The largest absolute Gasteiger partial charge is 0.457 e. The number of allylic oxidation sites excluding steroid dienone is 1. The van der Waals surface area contributed by atoms with Crippen molar-refractivity contribution in [2.75, 3.05) is 7.05 Å². The van der Waals surface area contributed by atoms with E-state index in [0.717, 1.165) is 5.56 Å². The third-order valence-corrected chi connectivity index (χ3v) is 7.41. The van der Waals surface area contributed by atoms with Gasteiger partial charge in [-0.3, -0.25) is 4.79 Å². The van der Waals surface area contributed by atoms with Gasteiger partial charge in [-0.1, -0.05) is 85.0 Å². The maximum atomic E-state index is 12.6. The van der Waals surface area contributed by atoms with Crippen LogP contribution in [-0.2, 0) is 16.1 Å². The Hall–Kier alpha value is -4.08. The molecular formula is C32H30Cl3N5O3. The van der Waals surface area contributed by atoms with Gasteiger partial charge in [-0.15, -0.1) is 0 Å². The van der Waals surface area contributed by atoms with Gasteiger partial charge in [0.15, 0.2) is 0 Å². The molecule has 1 unspecified atom stereocenters. The number of carbonyl (C=O) groups is 1. The monoisotopic (exact) mass is 637 g/mol. The Balaban J connectivity index is 0.000000285. The predicted molar refractivity (Wildman–Crippen MR) is 167 cm³/mol. The molecule has 0 N–H and O–H groups in total. The van der Waals surface area contributed by atoms with Crippen LogP contribution in [-0.4, -0.2) is 28.7 Å². The number of hydrogen-bond acceptors (Lipinski definition) is 7. The minimum atomic E-state index is -1.03. The number of benzene rings is 2. The van der Waals surface area contributed by atoms with E-state index in [1.54, 1.807) is 55.7 Å². The molecule has 1 heterocycles. The summed E-state index contributed by atoms with van der Waals surface area (Å²) >= 11 is 17.1. The SMILES string of the molecule is CC(=NC#N)N(C)Cc1ccc(Cl)nc1.CC1(C)[C@H](C(=O)OC(C#N)c2cccc(Oc3ccccc3)c2)[C@@H]1C=C(Cl)Cl. The average Bonchev–Trinajstić information content (AvgIpc) is 3.52. The van der Waals surface area contributed by atoms with Crippen LogP contribution in [0.4, 0.5) is 0 Å². The number of nitrogens with zero attached hydrogens (tertiary/aromatic N) is 5. The highest BCUT2D eigenvalue weighted by Crippen LogP contribution is 2.60. The van der Waals surface area contributed by atoms with Crippen molar-refractivity contribution in [3.05, 3.63) is 99.8 Å². The standard InChI is InChI=1S/C22H19Cl2NO3.C10H11ClN4/c1-22(2)17(12-19(23)24)20(22)21(26)28-18(13-25)14-7-6-10-16(11-14)27-15-8-4-3-5-9-15;1-8(14-7-12)15(2)6-9-3-4-10(11)13-5-9/h3-12,17-18,20H,1-2H3;3-5H,6H2,1-2H3/t17-,18?,20-;/m0./s1.